The Morgan fingerprint density at radius 1 is 0.287 bits per heavy atom. The van der Waals surface area contributed by atoms with Crippen molar-refractivity contribution in [3.8, 4) is 0 Å². The third-order valence-corrected chi connectivity index (χ3v) is 14.2. The van der Waals surface area contributed by atoms with E-state index in [1.165, 1.54) is 134 Å². The van der Waals surface area contributed by atoms with Crippen molar-refractivity contribution in [3.05, 3.63) is 52.4 Å². The second-order valence-electron chi connectivity index (χ2n) is 30.1. The van der Waals surface area contributed by atoms with Gasteiger partial charge in [0.2, 0.25) is 0 Å². The van der Waals surface area contributed by atoms with Crippen LogP contribution in [0.25, 0.3) is 0 Å². The van der Waals surface area contributed by atoms with Crippen molar-refractivity contribution in [3.63, 3.8) is 0 Å². The molecule has 8 nitrogen and oxygen atoms in total. The molecule has 1 aliphatic heterocycles. The summed E-state index contributed by atoms with van der Waals surface area (Å²) in [6, 6.07) is 7.09. The Balaban J connectivity index is 0. The van der Waals surface area contributed by atoms with E-state index >= 15 is 0 Å². The maximum atomic E-state index is 4.49. The van der Waals surface area contributed by atoms with E-state index in [1.807, 2.05) is 0 Å². The van der Waals surface area contributed by atoms with Gasteiger partial charge >= 0.3 is 0 Å². The highest BCUT2D eigenvalue weighted by atomic mass is 15.3. The van der Waals surface area contributed by atoms with Gasteiger partial charge in [-0.05, 0) is 127 Å². The molecule has 1 aromatic carbocycles. The highest BCUT2D eigenvalue weighted by molar-refractivity contribution is 5.35. The van der Waals surface area contributed by atoms with Gasteiger partial charge in [-0.25, -0.2) is 15.0 Å². The minimum atomic E-state index is 0.364. The van der Waals surface area contributed by atoms with Gasteiger partial charge in [-0.1, -0.05) is 226 Å². The number of aromatic nitrogens is 3. The first-order valence-electron chi connectivity index (χ1n) is 33.5. The Morgan fingerprint density at radius 3 is 0.650 bits per heavy atom. The highest BCUT2D eigenvalue weighted by Crippen LogP contribution is 2.27. The Hall–Kier alpha value is -1.97. The number of hydrogen-bond acceptors (Lipinski definition) is 8. The van der Waals surface area contributed by atoms with Crippen molar-refractivity contribution in [2.24, 2.45) is 53.3 Å². The van der Waals surface area contributed by atoms with Gasteiger partial charge in [0, 0.05) is 96.3 Å². The molecule has 0 N–H and O–H groups in total. The molecule has 0 spiro atoms. The first-order chi connectivity index (χ1) is 37.0. The summed E-state index contributed by atoms with van der Waals surface area (Å²) < 4.78 is 0. The Bertz CT molecular complexity index is 1450. The van der Waals surface area contributed by atoms with Crippen molar-refractivity contribution in [1.82, 2.24) is 39.5 Å². The average molecular weight is 1120 g/mol. The first-order valence-corrected chi connectivity index (χ1v) is 33.5. The topological polar surface area (TPSA) is 54.9 Å². The predicted molar refractivity (Wildman–Crippen MR) is 360 cm³/mol. The minimum Gasteiger partial charge on any atom is -0.303 e. The van der Waals surface area contributed by atoms with Gasteiger partial charge in [-0.3, -0.25) is 0 Å². The van der Waals surface area contributed by atoms with Crippen LogP contribution in [0.3, 0.4) is 0 Å². The number of rotatable bonds is 27. The molecule has 0 saturated carbocycles. The van der Waals surface area contributed by atoms with Gasteiger partial charge in [-0.15, -0.1) is 0 Å². The summed E-state index contributed by atoms with van der Waals surface area (Å²) in [5.74, 6) is 12.9. The Morgan fingerprint density at radius 2 is 0.500 bits per heavy atom. The lowest BCUT2D eigenvalue weighted by atomic mass is 9.90. The predicted octanol–water partition coefficient (Wildman–Crippen LogP) is 18.9. The van der Waals surface area contributed by atoms with E-state index in [2.05, 4.69) is 265 Å². The summed E-state index contributed by atoms with van der Waals surface area (Å²) in [7, 11) is 0. The van der Waals surface area contributed by atoms with E-state index in [4.69, 9.17) is 0 Å². The SMILES string of the molecule is CC(C)CCN(CCC(C)C)CCC(C)C.CC(C)CN(CC(C)C)CC(C)C.CC(C)CN1CCN(CC(C)C)CCN(CC(C)C)CC1.CC(C)c1cc(C(C)C)cc(C(C)C)c1.CC(C)c1nc(C(C)C)nc(C(C)C)n1. The molecule has 80 heavy (non-hydrogen) atoms. The largest absolute Gasteiger partial charge is 0.303 e. The van der Waals surface area contributed by atoms with E-state index < -0.39 is 0 Å². The van der Waals surface area contributed by atoms with Crippen LogP contribution < -0.4 is 0 Å². The first kappa shape index (κ1) is 80.1. The van der Waals surface area contributed by atoms with Crippen molar-refractivity contribution in [2.75, 3.05) is 98.2 Å². The van der Waals surface area contributed by atoms with Crippen LogP contribution in [0, 0.1) is 53.3 Å². The third kappa shape index (κ3) is 42.8. The lowest BCUT2D eigenvalue weighted by Crippen LogP contribution is -2.39. The second kappa shape index (κ2) is 44.5. The van der Waals surface area contributed by atoms with Crippen LogP contribution in [0.1, 0.15) is 297 Å². The van der Waals surface area contributed by atoms with E-state index in [0.29, 0.717) is 35.5 Å². The summed E-state index contributed by atoms with van der Waals surface area (Å²) in [5, 5.41) is 0. The monoisotopic (exact) mass is 1120 g/mol. The lowest BCUT2D eigenvalue weighted by Gasteiger charge is -2.27. The third-order valence-electron chi connectivity index (χ3n) is 14.2. The van der Waals surface area contributed by atoms with Crippen molar-refractivity contribution < 1.29 is 0 Å². The summed E-state index contributed by atoms with van der Waals surface area (Å²) >= 11 is 0. The van der Waals surface area contributed by atoms with Crippen LogP contribution >= 0.6 is 0 Å². The molecule has 0 bridgehead atoms. The van der Waals surface area contributed by atoms with Crippen LogP contribution in [0.15, 0.2) is 18.2 Å². The van der Waals surface area contributed by atoms with Crippen molar-refractivity contribution in [1.29, 1.82) is 0 Å². The van der Waals surface area contributed by atoms with Gasteiger partial charge in [0.05, 0.1) is 0 Å². The quantitative estimate of drug-likeness (QED) is 0.0877. The van der Waals surface area contributed by atoms with E-state index in [1.54, 1.807) is 0 Å². The Kier molecular flexibility index (Phi) is 44.6. The lowest BCUT2D eigenvalue weighted by molar-refractivity contribution is 0.193. The van der Waals surface area contributed by atoms with Crippen molar-refractivity contribution in [2.45, 2.75) is 262 Å². The summed E-state index contributed by atoms with van der Waals surface area (Å²) in [4.78, 5) is 26.8. The molecule has 472 valence electrons. The number of benzene rings is 1. The number of nitrogens with zero attached hydrogens (tertiary/aromatic N) is 8. The van der Waals surface area contributed by atoms with Crippen LogP contribution in [-0.2, 0) is 0 Å². The Labute approximate surface area is 503 Å². The van der Waals surface area contributed by atoms with Gasteiger partial charge in [0.25, 0.3) is 0 Å². The fraction of sp³-hybridized carbons (Fsp3) is 0.875. The van der Waals surface area contributed by atoms with E-state index in [0.717, 1.165) is 70.7 Å². The van der Waals surface area contributed by atoms with E-state index in [9.17, 15) is 0 Å². The summed E-state index contributed by atoms with van der Waals surface area (Å²) in [6.07, 6.45) is 4.03. The zero-order valence-electron chi connectivity index (χ0n) is 59.7. The fourth-order valence-electron chi connectivity index (χ4n) is 9.62. The highest BCUT2D eigenvalue weighted by Gasteiger charge is 2.19. The fourth-order valence-corrected chi connectivity index (χ4v) is 9.62. The standard InChI is InChI=1S/C18H39N3.C15H33N.C15H24.C12H21N3.C12H27N/c1-16(2)13-19-7-9-20(14-17(3)4)11-12-21(10-8-19)15-18(5)6;1-13(2)7-10-16(11-8-14(3)4)12-9-15(5)6;1-10(2)13-7-14(11(3)4)9-15(8-13)12(5)6;1-7(2)10-13-11(8(3)4)15-12(14-10)9(5)6;1-10(2)7-13(8-11(3)4)9-12(5)6/h16-18H,7-15H2,1-6H3;13-15H,7-12H2,1-6H3;7-12H,1-6H3;7-9H,1-6H3;10-12H,7-9H2,1-6H3. The summed E-state index contributed by atoms with van der Waals surface area (Å²) in [5.41, 5.74) is 4.43. The minimum absolute atomic E-state index is 0.364. The van der Waals surface area contributed by atoms with Gasteiger partial charge in [0.1, 0.15) is 17.5 Å². The zero-order valence-corrected chi connectivity index (χ0v) is 59.7. The molecule has 1 fully saturated rings. The van der Waals surface area contributed by atoms with Gasteiger partial charge in [0.15, 0.2) is 0 Å². The molecule has 3 rings (SSSR count). The second-order valence-corrected chi connectivity index (χ2v) is 30.1. The molecular formula is C72H144N8. The molecular weight excluding hydrogens is 977 g/mol. The van der Waals surface area contributed by atoms with Gasteiger partial charge < -0.3 is 24.5 Å². The molecule has 1 saturated heterocycles. The molecule has 0 aliphatic carbocycles. The molecule has 1 aliphatic rings. The smallest absolute Gasteiger partial charge is 0.135 e. The normalized spacial score (nSPS) is 14.4. The molecule has 0 unspecified atom stereocenters. The molecule has 8 heteroatoms. The van der Waals surface area contributed by atoms with Crippen LogP contribution in [0.4, 0.5) is 0 Å². The zero-order chi connectivity index (χ0) is 62.0. The average Bonchev–Trinajstić information content (AvgIpc) is 3.40. The molecule has 0 radical (unpaired) electrons. The van der Waals surface area contributed by atoms with Crippen LogP contribution in [0.5, 0.6) is 0 Å². The maximum absolute atomic E-state index is 4.49. The molecule has 0 amide bonds. The van der Waals surface area contributed by atoms with Gasteiger partial charge in [-0.2, -0.15) is 0 Å². The van der Waals surface area contributed by atoms with E-state index in [-0.39, 0.29) is 0 Å². The molecule has 1 aromatic heterocycles. The van der Waals surface area contributed by atoms with Crippen LogP contribution in [-0.4, -0.2) is 138 Å². The van der Waals surface area contributed by atoms with Crippen molar-refractivity contribution >= 4 is 0 Å². The number of hydrogen-bond donors (Lipinski definition) is 0. The maximum Gasteiger partial charge on any atom is 0.135 e. The summed E-state index contributed by atoms with van der Waals surface area (Å²) in [6.45, 7) is 86.8. The molecule has 0 atom stereocenters. The molecule has 2 heterocycles. The van der Waals surface area contributed by atoms with Crippen LogP contribution in [0.2, 0.25) is 0 Å². The molecule has 2 aromatic rings.